The second-order valence-electron chi connectivity index (χ2n) is 5.02. The molecule has 2 aromatic rings. The van der Waals surface area contributed by atoms with E-state index in [4.69, 9.17) is 5.73 Å². The maximum Gasteiger partial charge on any atom is 0.234 e. The Morgan fingerprint density at radius 3 is 2.35 bits per heavy atom. The van der Waals surface area contributed by atoms with Gasteiger partial charge in [0, 0.05) is 6.54 Å². The molecule has 3 heteroatoms. The lowest BCUT2D eigenvalue weighted by Gasteiger charge is -2.23. The summed E-state index contributed by atoms with van der Waals surface area (Å²) in [4.78, 5) is 13.2. The van der Waals surface area contributed by atoms with Crippen molar-refractivity contribution in [3.63, 3.8) is 0 Å². The minimum absolute atomic E-state index is 0.279. The lowest BCUT2D eigenvalue weighted by Crippen LogP contribution is -2.39. The summed E-state index contributed by atoms with van der Waals surface area (Å²) in [5.74, 6) is -0.301. The molecule has 0 fully saturated rings. The molecule has 2 N–H and O–H groups in total. The number of benzene rings is 2. The van der Waals surface area contributed by atoms with Crippen LogP contribution in [-0.2, 0) is 11.3 Å². The summed E-state index contributed by atoms with van der Waals surface area (Å²) in [6.45, 7) is 2.52. The standard InChI is InChI=1S/C17H20N2O/c1-13(17(18)20)19(2)12-15-10-6-7-11-16(15)14-8-4-3-5-9-14/h3-11,13H,12H2,1-2H3,(H2,18,20). The van der Waals surface area contributed by atoms with E-state index in [9.17, 15) is 4.79 Å². The number of carbonyl (C=O) groups excluding carboxylic acids is 1. The van der Waals surface area contributed by atoms with Crippen molar-refractivity contribution in [2.75, 3.05) is 7.05 Å². The number of nitrogens with zero attached hydrogens (tertiary/aromatic N) is 1. The monoisotopic (exact) mass is 268 g/mol. The van der Waals surface area contributed by atoms with Crippen LogP contribution in [0, 0.1) is 0 Å². The molecule has 1 atom stereocenters. The Morgan fingerprint density at radius 2 is 1.70 bits per heavy atom. The molecule has 0 saturated heterocycles. The van der Waals surface area contributed by atoms with Gasteiger partial charge in [0.2, 0.25) is 5.91 Å². The largest absolute Gasteiger partial charge is 0.368 e. The van der Waals surface area contributed by atoms with E-state index >= 15 is 0 Å². The molecule has 0 bridgehead atoms. The number of likely N-dealkylation sites (N-methyl/N-ethyl adjacent to an activating group) is 1. The zero-order valence-corrected chi connectivity index (χ0v) is 11.9. The van der Waals surface area contributed by atoms with Crippen LogP contribution in [0.5, 0.6) is 0 Å². The third kappa shape index (κ3) is 3.25. The summed E-state index contributed by atoms with van der Waals surface area (Å²) in [5, 5.41) is 0. The van der Waals surface area contributed by atoms with E-state index in [-0.39, 0.29) is 11.9 Å². The van der Waals surface area contributed by atoms with Crippen LogP contribution in [0.2, 0.25) is 0 Å². The minimum atomic E-state index is -0.301. The van der Waals surface area contributed by atoms with Gasteiger partial charge in [0.1, 0.15) is 0 Å². The van der Waals surface area contributed by atoms with Crippen molar-refractivity contribution in [3.05, 3.63) is 60.2 Å². The van der Waals surface area contributed by atoms with Crippen LogP contribution in [0.15, 0.2) is 54.6 Å². The Hall–Kier alpha value is -2.13. The molecular weight excluding hydrogens is 248 g/mol. The van der Waals surface area contributed by atoms with Crippen LogP contribution in [0.4, 0.5) is 0 Å². The van der Waals surface area contributed by atoms with Crippen molar-refractivity contribution in [2.24, 2.45) is 5.73 Å². The lowest BCUT2D eigenvalue weighted by molar-refractivity contribution is -0.122. The van der Waals surface area contributed by atoms with E-state index in [0.717, 1.165) is 0 Å². The van der Waals surface area contributed by atoms with Crippen molar-refractivity contribution in [3.8, 4) is 11.1 Å². The fourth-order valence-corrected chi connectivity index (χ4v) is 2.18. The number of amides is 1. The highest BCUT2D eigenvalue weighted by Gasteiger charge is 2.16. The molecule has 0 aromatic heterocycles. The van der Waals surface area contributed by atoms with Gasteiger partial charge in [0.25, 0.3) is 0 Å². The first-order valence-electron chi connectivity index (χ1n) is 6.72. The third-order valence-corrected chi connectivity index (χ3v) is 3.59. The highest BCUT2D eigenvalue weighted by molar-refractivity contribution is 5.79. The van der Waals surface area contributed by atoms with Crippen molar-refractivity contribution < 1.29 is 4.79 Å². The van der Waals surface area contributed by atoms with Gasteiger partial charge in [-0.15, -0.1) is 0 Å². The molecule has 0 spiro atoms. The summed E-state index contributed by atoms with van der Waals surface area (Å²) >= 11 is 0. The van der Waals surface area contributed by atoms with Crippen molar-refractivity contribution in [1.82, 2.24) is 4.90 Å². The molecule has 2 aromatic carbocycles. The van der Waals surface area contributed by atoms with Crippen LogP contribution in [0.3, 0.4) is 0 Å². The zero-order valence-electron chi connectivity index (χ0n) is 11.9. The van der Waals surface area contributed by atoms with Crippen LogP contribution >= 0.6 is 0 Å². The van der Waals surface area contributed by atoms with Crippen molar-refractivity contribution >= 4 is 5.91 Å². The second-order valence-corrected chi connectivity index (χ2v) is 5.02. The van der Waals surface area contributed by atoms with Gasteiger partial charge in [-0.3, -0.25) is 9.69 Å². The van der Waals surface area contributed by atoms with E-state index in [2.05, 4.69) is 24.3 Å². The molecule has 0 heterocycles. The Morgan fingerprint density at radius 1 is 1.10 bits per heavy atom. The molecule has 3 nitrogen and oxygen atoms in total. The van der Waals surface area contributed by atoms with Gasteiger partial charge in [-0.1, -0.05) is 54.6 Å². The van der Waals surface area contributed by atoms with Gasteiger partial charge in [0.15, 0.2) is 0 Å². The number of hydrogen-bond acceptors (Lipinski definition) is 2. The molecule has 0 aliphatic rings. The predicted molar refractivity (Wildman–Crippen MR) is 82.0 cm³/mol. The highest BCUT2D eigenvalue weighted by Crippen LogP contribution is 2.24. The first kappa shape index (κ1) is 14.3. The average Bonchev–Trinajstić information content (AvgIpc) is 2.47. The van der Waals surface area contributed by atoms with E-state index < -0.39 is 0 Å². The zero-order chi connectivity index (χ0) is 14.5. The molecule has 20 heavy (non-hydrogen) atoms. The predicted octanol–water partition coefficient (Wildman–Crippen LogP) is 2.66. The van der Waals surface area contributed by atoms with Crippen LogP contribution < -0.4 is 5.73 Å². The summed E-state index contributed by atoms with van der Waals surface area (Å²) in [5.41, 5.74) is 8.92. The molecule has 2 rings (SSSR count). The number of carbonyl (C=O) groups is 1. The van der Waals surface area contributed by atoms with E-state index in [0.29, 0.717) is 6.54 Å². The van der Waals surface area contributed by atoms with Gasteiger partial charge in [-0.25, -0.2) is 0 Å². The first-order valence-corrected chi connectivity index (χ1v) is 6.72. The number of hydrogen-bond donors (Lipinski definition) is 1. The first-order chi connectivity index (χ1) is 9.59. The van der Waals surface area contributed by atoms with Gasteiger partial charge in [-0.05, 0) is 30.7 Å². The summed E-state index contributed by atoms with van der Waals surface area (Å²) in [7, 11) is 1.91. The maximum absolute atomic E-state index is 11.3. The van der Waals surface area contributed by atoms with Crippen molar-refractivity contribution in [2.45, 2.75) is 19.5 Å². The fourth-order valence-electron chi connectivity index (χ4n) is 2.18. The van der Waals surface area contributed by atoms with E-state index in [1.807, 2.05) is 49.2 Å². The summed E-state index contributed by atoms with van der Waals surface area (Å²) in [6, 6.07) is 18.2. The van der Waals surface area contributed by atoms with Gasteiger partial charge in [0.05, 0.1) is 6.04 Å². The fraction of sp³-hybridized carbons (Fsp3) is 0.235. The number of primary amides is 1. The minimum Gasteiger partial charge on any atom is -0.368 e. The van der Waals surface area contributed by atoms with Crippen molar-refractivity contribution in [1.29, 1.82) is 0 Å². The molecule has 104 valence electrons. The molecule has 0 radical (unpaired) electrons. The third-order valence-electron chi connectivity index (χ3n) is 3.59. The van der Waals surface area contributed by atoms with Gasteiger partial charge >= 0.3 is 0 Å². The highest BCUT2D eigenvalue weighted by atomic mass is 16.1. The van der Waals surface area contributed by atoms with Crippen LogP contribution in [0.25, 0.3) is 11.1 Å². The molecule has 0 saturated carbocycles. The normalized spacial score (nSPS) is 12.3. The quantitative estimate of drug-likeness (QED) is 0.906. The second kappa shape index (κ2) is 6.35. The lowest BCUT2D eigenvalue weighted by atomic mass is 9.99. The number of rotatable bonds is 5. The van der Waals surface area contributed by atoms with Gasteiger partial charge < -0.3 is 5.73 Å². The molecule has 0 aliphatic carbocycles. The Kier molecular flexibility index (Phi) is 4.53. The molecule has 0 aliphatic heterocycles. The topological polar surface area (TPSA) is 46.3 Å². The average molecular weight is 268 g/mol. The van der Waals surface area contributed by atoms with Gasteiger partial charge in [-0.2, -0.15) is 0 Å². The Balaban J connectivity index is 2.27. The summed E-state index contributed by atoms with van der Waals surface area (Å²) in [6.07, 6.45) is 0. The molecule has 1 amide bonds. The summed E-state index contributed by atoms with van der Waals surface area (Å²) < 4.78 is 0. The Labute approximate surface area is 120 Å². The molecule has 1 unspecified atom stereocenters. The van der Waals surface area contributed by atoms with Crippen LogP contribution in [-0.4, -0.2) is 23.9 Å². The molecular formula is C17H20N2O. The Bertz CT molecular complexity index is 581. The number of nitrogens with two attached hydrogens (primary N) is 1. The van der Waals surface area contributed by atoms with Crippen LogP contribution in [0.1, 0.15) is 12.5 Å². The smallest absolute Gasteiger partial charge is 0.234 e. The maximum atomic E-state index is 11.3. The van der Waals surface area contributed by atoms with E-state index in [1.165, 1.54) is 16.7 Å². The SMILES string of the molecule is CC(C(N)=O)N(C)Cc1ccccc1-c1ccccc1. The van der Waals surface area contributed by atoms with E-state index in [1.54, 1.807) is 0 Å².